The lowest BCUT2D eigenvalue weighted by atomic mass is 9.65. The molecule has 86 valence electrons. The van der Waals surface area contributed by atoms with Crippen LogP contribution in [-0.4, -0.2) is 25.7 Å². The number of hydrogen-bond donors (Lipinski definition) is 2. The molecule has 2 N–H and O–H groups in total. The summed E-state index contributed by atoms with van der Waals surface area (Å²) in [5, 5.41) is 7.09. The molecule has 2 fully saturated rings. The van der Waals surface area contributed by atoms with Gasteiger partial charge in [0.05, 0.1) is 0 Å². The van der Waals surface area contributed by atoms with Crippen molar-refractivity contribution in [2.24, 2.45) is 5.41 Å². The monoisotopic (exact) mass is 216 g/mol. The lowest BCUT2D eigenvalue weighted by molar-refractivity contribution is 0.0446. The molecule has 2 nitrogen and oxygen atoms in total. The van der Waals surface area contributed by atoms with Gasteiger partial charge in [-0.05, 0) is 37.9 Å². The molecule has 2 saturated heterocycles. The van der Waals surface area contributed by atoms with Crippen molar-refractivity contribution in [2.45, 2.75) is 25.3 Å². The summed E-state index contributed by atoms with van der Waals surface area (Å²) in [5.74, 6) is 0. The fourth-order valence-corrected chi connectivity index (χ4v) is 3.12. The summed E-state index contributed by atoms with van der Waals surface area (Å²) in [5.41, 5.74) is 2.07. The highest BCUT2D eigenvalue weighted by Gasteiger charge is 2.46. The van der Waals surface area contributed by atoms with E-state index in [-0.39, 0.29) is 0 Å². The number of benzene rings is 1. The first-order valence-corrected chi connectivity index (χ1v) is 6.37. The summed E-state index contributed by atoms with van der Waals surface area (Å²) in [6, 6.07) is 11.6. The highest BCUT2D eigenvalue weighted by atomic mass is 15.1. The van der Waals surface area contributed by atoms with Gasteiger partial charge in [-0.25, -0.2) is 0 Å². The van der Waals surface area contributed by atoms with Gasteiger partial charge in [0.2, 0.25) is 0 Å². The van der Waals surface area contributed by atoms with Gasteiger partial charge in [-0.1, -0.05) is 30.3 Å². The molecule has 2 aliphatic heterocycles. The van der Waals surface area contributed by atoms with E-state index in [0.717, 1.165) is 0 Å². The van der Waals surface area contributed by atoms with Crippen molar-refractivity contribution < 1.29 is 0 Å². The van der Waals surface area contributed by atoms with Crippen LogP contribution in [0.5, 0.6) is 0 Å². The molecule has 3 rings (SSSR count). The van der Waals surface area contributed by atoms with Crippen LogP contribution in [0.25, 0.3) is 0 Å². The lowest BCUT2D eigenvalue weighted by Gasteiger charge is -2.53. The standard InChI is InChI=1S/C14H20N2/c1-2-4-12(5-3-1)10-13-14(11-16-13)6-8-15-9-7-14/h1-5,13,15-16H,6-11H2. The van der Waals surface area contributed by atoms with Crippen molar-refractivity contribution in [3.05, 3.63) is 35.9 Å². The van der Waals surface area contributed by atoms with Crippen LogP contribution in [0.2, 0.25) is 0 Å². The molecule has 1 spiro atoms. The maximum atomic E-state index is 3.63. The first kappa shape index (κ1) is 10.3. The average Bonchev–Trinajstić information content (AvgIpc) is 2.37. The normalized spacial score (nSPS) is 27.6. The van der Waals surface area contributed by atoms with Gasteiger partial charge in [0.15, 0.2) is 0 Å². The minimum absolute atomic E-state index is 0.598. The van der Waals surface area contributed by atoms with E-state index in [1.807, 2.05) is 0 Å². The van der Waals surface area contributed by atoms with Crippen LogP contribution < -0.4 is 10.6 Å². The maximum Gasteiger partial charge on any atom is 0.0177 e. The molecule has 0 aliphatic carbocycles. The zero-order valence-electron chi connectivity index (χ0n) is 9.71. The van der Waals surface area contributed by atoms with Gasteiger partial charge in [0.1, 0.15) is 0 Å². The Bertz CT molecular complexity index is 341. The Labute approximate surface area is 97.4 Å². The Kier molecular flexibility index (Phi) is 2.70. The predicted molar refractivity (Wildman–Crippen MR) is 66.5 cm³/mol. The molecule has 1 unspecified atom stereocenters. The quantitative estimate of drug-likeness (QED) is 0.784. The summed E-state index contributed by atoms with van der Waals surface area (Å²) in [6.07, 6.45) is 3.88. The first-order valence-electron chi connectivity index (χ1n) is 6.37. The van der Waals surface area contributed by atoms with E-state index < -0.39 is 0 Å². The highest BCUT2D eigenvalue weighted by molar-refractivity contribution is 5.19. The molecular weight excluding hydrogens is 196 g/mol. The Morgan fingerprint density at radius 2 is 1.88 bits per heavy atom. The Balaban J connectivity index is 1.67. The first-order chi connectivity index (χ1) is 7.89. The highest BCUT2D eigenvalue weighted by Crippen LogP contribution is 2.39. The van der Waals surface area contributed by atoms with Gasteiger partial charge in [0, 0.05) is 18.0 Å². The van der Waals surface area contributed by atoms with Crippen molar-refractivity contribution in [1.82, 2.24) is 10.6 Å². The molecule has 1 aromatic rings. The van der Waals surface area contributed by atoms with E-state index in [1.54, 1.807) is 0 Å². The third-order valence-electron chi connectivity index (χ3n) is 4.32. The van der Waals surface area contributed by atoms with Crippen LogP contribution in [0.15, 0.2) is 30.3 Å². The van der Waals surface area contributed by atoms with Crippen LogP contribution in [0, 0.1) is 5.41 Å². The molecule has 0 saturated carbocycles. The van der Waals surface area contributed by atoms with E-state index in [4.69, 9.17) is 0 Å². The number of hydrogen-bond acceptors (Lipinski definition) is 2. The van der Waals surface area contributed by atoms with E-state index in [9.17, 15) is 0 Å². The zero-order chi connectivity index (χ0) is 10.8. The number of nitrogens with one attached hydrogen (secondary N) is 2. The van der Waals surface area contributed by atoms with Crippen molar-refractivity contribution in [1.29, 1.82) is 0 Å². The summed E-state index contributed by atoms with van der Waals surface area (Å²) in [4.78, 5) is 0. The van der Waals surface area contributed by atoms with Crippen LogP contribution in [0.4, 0.5) is 0 Å². The second-order valence-corrected chi connectivity index (χ2v) is 5.24. The minimum atomic E-state index is 0.598. The van der Waals surface area contributed by atoms with Crippen molar-refractivity contribution >= 4 is 0 Å². The second-order valence-electron chi connectivity index (χ2n) is 5.24. The van der Waals surface area contributed by atoms with Crippen molar-refractivity contribution in [3.63, 3.8) is 0 Å². The summed E-state index contributed by atoms with van der Waals surface area (Å²) < 4.78 is 0. The third kappa shape index (κ3) is 1.76. The van der Waals surface area contributed by atoms with E-state index in [0.29, 0.717) is 11.5 Å². The van der Waals surface area contributed by atoms with Gasteiger partial charge >= 0.3 is 0 Å². The van der Waals surface area contributed by atoms with E-state index in [1.165, 1.54) is 44.5 Å². The summed E-state index contributed by atoms with van der Waals surface area (Å²) >= 11 is 0. The van der Waals surface area contributed by atoms with Gasteiger partial charge in [0.25, 0.3) is 0 Å². The lowest BCUT2D eigenvalue weighted by Crippen LogP contribution is -2.66. The number of piperidine rings is 1. The topological polar surface area (TPSA) is 24.1 Å². The maximum absolute atomic E-state index is 3.63. The fourth-order valence-electron chi connectivity index (χ4n) is 3.12. The van der Waals surface area contributed by atoms with Gasteiger partial charge < -0.3 is 10.6 Å². The molecule has 16 heavy (non-hydrogen) atoms. The minimum Gasteiger partial charge on any atom is -0.317 e. The molecule has 0 aromatic heterocycles. The van der Waals surface area contributed by atoms with Gasteiger partial charge in [-0.2, -0.15) is 0 Å². The third-order valence-corrected chi connectivity index (χ3v) is 4.32. The molecule has 0 radical (unpaired) electrons. The molecule has 0 amide bonds. The van der Waals surface area contributed by atoms with E-state index >= 15 is 0 Å². The van der Waals surface area contributed by atoms with Crippen LogP contribution in [0.3, 0.4) is 0 Å². The van der Waals surface area contributed by atoms with Gasteiger partial charge in [-0.3, -0.25) is 0 Å². The van der Waals surface area contributed by atoms with Crippen molar-refractivity contribution in [2.75, 3.05) is 19.6 Å². The number of rotatable bonds is 2. The largest absolute Gasteiger partial charge is 0.317 e. The van der Waals surface area contributed by atoms with Crippen molar-refractivity contribution in [3.8, 4) is 0 Å². The molecule has 0 bridgehead atoms. The smallest absolute Gasteiger partial charge is 0.0177 e. The SMILES string of the molecule is c1ccc(CC2NCC23CCNCC3)cc1. The van der Waals surface area contributed by atoms with Gasteiger partial charge in [-0.15, -0.1) is 0 Å². The average molecular weight is 216 g/mol. The second kappa shape index (κ2) is 4.19. The molecule has 1 aromatic carbocycles. The molecule has 2 heterocycles. The zero-order valence-corrected chi connectivity index (χ0v) is 9.71. The molecule has 2 aliphatic rings. The molecular formula is C14H20N2. The summed E-state index contributed by atoms with van der Waals surface area (Å²) in [7, 11) is 0. The van der Waals surface area contributed by atoms with Crippen LogP contribution in [0.1, 0.15) is 18.4 Å². The van der Waals surface area contributed by atoms with E-state index in [2.05, 4.69) is 41.0 Å². The molecule has 2 heteroatoms. The van der Waals surface area contributed by atoms with Crippen LogP contribution in [-0.2, 0) is 6.42 Å². The Morgan fingerprint density at radius 1 is 1.12 bits per heavy atom. The molecule has 1 atom stereocenters. The predicted octanol–water partition coefficient (Wildman–Crippen LogP) is 1.57. The summed E-state index contributed by atoms with van der Waals surface area (Å²) in [6.45, 7) is 3.63. The fraction of sp³-hybridized carbons (Fsp3) is 0.571. The van der Waals surface area contributed by atoms with Crippen LogP contribution >= 0.6 is 0 Å². The Hall–Kier alpha value is -0.860. The Morgan fingerprint density at radius 3 is 2.50 bits per heavy atom.